The highest BCUT2D eigenvalue weighted by atomic mass is 79.9. The van der Waals surface area contributed by atoms with Gasteiger partial charge in [0.15, 0.2) is 0 Å². The van der Waals surface area contributed by atoms with Gasteiger partial charge in [-0.3, -0.25) is 0 Å². The van der Waals surface area contributed by atoms with Crippen LogP contribution in [0.4, 0.5) is 0 Å². The normalized spacial score (nSPS) is 17.7. The van der Waals surface area contributed by atoms with Crippen molar-refractivity contribution in [1.29, 1.82) is 0 Å². The monoisotopic (exact) mass is 413 g/mol. The Balaban J connectivity index is 1.82. The summed E-state index contributed by atoms with van der Waals surface area (Å²) in [4.78, 5) is 0.236. The molecule has 2 aromatic carbocycles. The predicted molar refractivity (Wildman–Crippen MR) is 96.3 cm³/mol. The fourth-order valence-electron chi connectivity index (χ4n) is 2.92. The number of rotatable bonds is 5. The van der Waals surface area contributed by atoms with Gasteiger partial charge in [0, 0.05) is 21.0 Å². The molecule has 1 atom stereocenters. The summed E-state index contributed by atoms with van der Waals surface area (Å²) in [5.41, 5.74) is 1.06. The second kappa shape index (κ2) is 6.20. The smallest absolute Gasteiger partial charge is 0.207 e. The topological polar surface area (TPSA) is 46.2 Å². The molecule has 0 amide bonds. The average molecular weight is 415 g/mol. The van der Waals surface area contributed by atoms with Gasteiger partial charge in [-0.1, -0.05) is 39.7 Å². The van der Waals surface area contributed by atoms with Crippen LogP contribution in [-0.2, 0) is 15.4 Å². The molecule has 1 aliphatic carbocycles. The van der Waals surface area contributed by atoms with E-state index in [9.17, 15) is 8.42 Å². The van der Waals surface area contributed by atoms with E-state index < -0.39 is 10.0 Å². The van der Waals surface area contributed by atoms with E-state index in [4.69, 9.17) is 11.6 Å². The van der Waals surface area contributed by atoms with E-state index in [1.165, 1.54) is 17.7 Å². The van der Waals surface area contributed by atoms with Gasteiger partial charge in [0.05, 0.1) is 4.90 Å². The Hall–Kier alpha value is -0.880. The van der Waals surface area contributed by atoms with Crippen LogP contribution in [0.15, 0.2) is 57.9 Å². The molecule has 1 N–H and O–H groups in total. The van der Waals surface area contributed by atoms with Gasteiger partial charge in [-0.25, -0.2) is 13.1 Å². The minimum Gasteiger partial charge on any atom is -0.207 e. The van der Waals surface area contributed by atoms with Crippen LogP contribution in [0.1, 0.15) is 25.3 Å². The minimum atomic E-state index is -3.55. The molecule has 6 heteroatoms. The number of hydrogen-bond donors (Lipinski definition) is 1. The van der Waals surface area contributed by atoms with E-state index in [0.29, 0.717) is 5.02 Å². The van der Waals surface area contributed by atoms with E-state index in [1.54, 1.807) is 12.1 Å². The summed E-state index contributed by atoms with van der Waals surface area (Å²) in [6.07, 6.45) is 1.97. The second-order valence-electron chi connectivity index (χ2n) is 5.96. The van der Waals surface area contributed by atoms with Crippen molar-refractivity contribution in [1.82, 2.24) is 4.72 Å². The maximum atomic E-state index is 12.6. The Bertz CT molecular complexity index is 799. The molecule has 0 saturated heterocycles. The molecule has 1 aliphatic rings. The predicted octanol–water partition coefficient (Wildman–Crippen LogP) is 4.50. The quantitative estimate of drug-likeness (QED) is 0.783. The Morgan fingerprint density at radius 2 is 1.65 bits per heavy atom. The van der Waals surface area contributed by atoms with Gasteiger partial charge in [-0.05, 0) is 61.7 Å². The molecule has 3 nitrogen and oxygen atoms in total. The Morgan fingerprint density at radius 3 is 2.17 bits per heavy atom. The molecular formula is C17H17BrClNO2S. The molecule has 0 aliphatic heterocycles. The molecule has 0 bridgehead atoms. The Kier molecular flexibility index (Phi) is 4.58. The SMILES string of the molecule is CC(NS(=O)(=O)c1ccc(Cl)cc1)C1(c2ccc(Br)cc2)CC1. The first-order chi connectivity index (χ1) is 10.8. The number of benzene rings is 2. The third-order valence-corrected chi connectivity index (χ3v) is 6.83. The van der Waals surface area contributed by atoms with Crippen LogP contribution in [-0.4, -0.2) is 14.5 Å². The van der Waals surface area contributed by atoms with E-state index in [-0.39, 0.29) is 16.4 Å². The van der Waals surface area contributed by atoms with Gasteiger partial charge < -0.3 is 0 Å². The molecule has 122 valence electrons. The average Bonchev–Trinajstić information content (AvgIpc) is 3.30. The lowest BCUT2D eigenvalue weighted by Crippen LogP contribution is -2.41. The van der Waals surface area contributed by atoms with Crippen LogP contribution in [0.25, 0.3) is 0 Å². The zero-order valence-electron chi connectivity index (χ0n) is 12.6. The van der Waals surface area contributed by atoms with Gasteiger partial charge in [0.1, 0.15) is 0 Å². The molecule has 2 aromatic rings. The number of nitrogens with one attached hydrogen (secondary N) is 1. The maximum Gasteiger partial charge on any atom is 0.240 e. The molecule has 1 fully saturated rings. The molecule has 0 heterocycles. The summed E-state index contributed by atoms with van der Waals surface area (Å²) in [6.45, 7) is 1.93. The zero-order chi connectivity index (χ0) is 16.7. The first-order valence-corrected chi connectivity index (χ1v) is 10.0. The highest BCUT2D eigenvalue weighted by Crippen LogP contribution is 2.51. The molecule has 3 rings (SSSR count). The lowest BCUT2D eigenvalue weighted by atomic mass is 9.90. The van der Waals surface area contributed by atoms with Crippen molar-refractivity contribution in [2.75, 3.05) is 0 Å². The van der Waals surface area contributed by atoms with E-state index in [0.717, 1.165) is 17.3 Å². The third kappa shape index (κ3) is 3.48. The lowest BCUT2D eigenvalue weighted by Gasteiger charge is -2.25. The summed E-state index contributed by atoms with van der Waals surface area (Å²) in [5.74, 6) is 0. The highest BCUT2D eigenvalue weighted by Gasteiger charge is 2.49. The molecule has 1 unspecified atom stereocenters. The van der Waals surface area contributed by atoms with E-state index in [2.05, 4.69) is 32.8 Å². The summed E-state index contributed by atoms with van der Waals surface area (Å²) < 4.78 is 28.9. The number of sulfonamides is 1. The van der Waals surface area contributed by atoms with Gasteiger partial charge in [-0.15, -0.1) is 0 Å². The maximum absolute atomic E-state index is 12.6. The van der Waals surface area contributed by atoms with Crippen LogP contribution in [0, 0.1) is 0 Å². The fourth-order valence-corrected chi connectivity index (χ4v) is 4.63. The standard InChI is InChI=1S/C17H17BrClNO2S/c1-12(17(10-11-17)13-2-4-14(18)5-3-13)20-23(21,22)16-8-6-15(19)7-9-16/h2-9,12,20H,10-11H2,1H3. The van der Waals surface area contributed by atoms with Crippen LogP contribution in [0.2, 0.25) is 5.02 Å². The van der Waals surface area contributed by atoms with Gasteiger partial charge >= 0.3 is 0 Å². The lowest BCUT2D eigenvalue weighted by molar-refractivity contribution is 0.494. The van der Waals surface area contributed by atoms with Crippen molar-refractivity contribution in [3.05, 3.63) is 63.6 Å². The third-order valence-electron chi connectivity index (χ3n) is 4.49. The highest BCUT2D eigenvalue weighted by molar-refractivity contribution is 9.10. The van der Waals surface area contributed by atoms with E-state index >= 15 is 0 Å². The molecular weight excluding hydrogens is 398 g/mol. The second-order valence-corrected chi connectivity index (χ2v) is 9.03. The van der Waals surface area contributed by atoms with Crippen molar-refractivity contribution < 1.29 is 8.42 Å². The van der Waals surface area contributed by atoms with Crippen LogP contribution in [0.3, 0.4) is 0 Å². The zero-order valence-corrected chi connectivity index (χ0v) is 15.7. The molecule has 1 saturated carbocycles. The summed E-state index contributed by atoms with van der Waals surface area (Å²) in [7, 11) is -3.55. The first kappa shape index (κ1) is 17.0. The molecule has 0 radical (unpaired) electrons. The van der Waals surface area contributed by atoms with Crippen molar-refractivity contribution in [2.24, 2.45) is 0 Å². The van der Waals surface area contributed by atoms with Crippen molar-refractivity contribution in [3.8, 4) is 0 Å². The van der Waals surface area contributed by atoms with Crippen LogP contribution < -0.4 is 4.72 Å². The van der Waals surface area contributed by atoms with E-state index in [1.807, 2.05) is 19.1 Å². The first-order valence-electron chi connectivity index (χ1n) is 7.37. The molecule has 0 spiro atoms. The molecule has 0 aromatic heterocycles. The summed E-state index contributed by atoms with van der Waals surface area (Å²) >= 11 is 9.26. The number of hydrogen-bond acceptors (Lipinski definition) is 2. The summed E-state index contributed by atoms with van der Waals surface area (Å²) in [6, 6.07) is 14.2. The number of halogens is 2. The van der Waals surface area contributed by atoms with Crippen molar-refractivity contribution in [2.45, 2.75) is 36.1 Å². The fraction of sp³-hybridized carbons (Fsp3) is 0.294. The largest absolute Gasteiger partial charge is 0.240 e. The Morgan fingerprint density at radius 1 is 1.09 bits per heavy atom. The van der Waals surface area contributed by atoms with Crippen molar-refractivity contribution in [3.63, 3.8) is 0 Å². The van der Waals surface area contributed by atoms with Gasteiger partial charge in [-0.2, -0.15) is 0 Å². The minimum absolute atomic E-state index is 0.111. The van der Waals surface area contributed by atoms with Gasteiger partial charge in [0.25, 0.3) is 0 Å². The van der Waals surface area contributed by atoms with Gasteiger partial charge in [0.2, 0.25) is 10.0 Å². The molecule has 23 heavy (non-hydrogen) atoms. The van der Waals surface area contributed by atoms with Crippen molar-refractivity contribution >= 4 is 37.6 Å². The van der Waals surface area contributed by atoms with Crippen LogP contribution in [0.5, 0.6) is 0 Å². The summed E-state index contributed by atoms with van der Waals surface area (Å²) in [5, 5.41) is 0.519. The van der Waals surface area contributed by atoms with Crippen LogP contribution >= 0.6 is 27.5 Å². The Labute approximate surface area is 150 Å².